The van der Waals surface area contributed by atoms with Gasteiger partial charge in [0.1, 0.15) is 0 Å². The van der Waals surface area contributed by atoms with Crippen LogP contribution in [0.15, 0.2) is 0 Å². The third-order valence-corrected chi connectivity index (χ3v) is 3.01. The van der Waals surface area contributed by atoms with E-state index < -0.39 is 5.91 Å². The SMILES string of the molecule is CCCC(CN1CCN(C)C(=O)C1=O)NC. The van der Waals surface area contributed by atoms with E-state index in [-0.39, 0.29) is 11.9 Å². The molecule has 2 amide bonds. The lowest BCUT2D eigenvalue weighted by Gasteiger charge is -2.33. The number of piperazine rings is 1. The average molecular weight is 227 g/mol. The van der Waals surface area contributed by atoms with Crippen LogP contribution >= 0.6 is 0 Å². The fourth-order valence-corrected chi connectivity index (χ4v) is 1.89. The summed E-state index contributed by atoms with van der Waals surface area (Å²) in [5.41, 5.74) is 0. The van der Waals surface area contributed by atoms with Crippen molar-refractivity contribution in [1.82, 2.24) is 15.1 Å². The Hall–Kier alpha value is -1.10. The van der Waals surface area contributed by atoms with E-state index in [1.807, 2.05) is 7.05 Å². The van der Waals surface area contributed by atoms with Gasteiger partial charge in [0, 0.05) is 32.7 Å². The van der Waals surface area contributed by atoms with Gasteiger partial charge in [-0.1, -0.05) is 13.3 Å². The molecule has 1 unspecified atom stereocenters. The van der Waals surface area contributed by atoms with Crippen LogP contribution in [0.25, 0.3) is 0 Å². The first-order chi connectivity index (χ1) is 7.60. The van der Waals surface area contributed by atoms with Gasteiger partial charge in [-0.25, -0.2) is 0 Å². The van der Waals surface area contributed by atoms with E-state index in [1.54, 1.807) is 11.9 Å². The zero-order valence-electron chi connectivity index (χ0n) is 10.3. The van der Waals surface area contributed by atoms with Crippen molar-refractivity contribution in [3.8, 4) is 0 Å². The molecule has 0 spiro atoms. The molecule has 5 nitrogen and oxygen atoms in total. The molecule has 1 saturated heterocycles. The molecular formula is C11H21N3O2. The highest BCUT2D eigenvalue weighted by atomic mass is 16.2. The molecule has 0 bridgehead atoms. The van der Waals surface area contributed by atoms with Gasteiger partial charge in [-0.3, -0.25) is 9.59 Å². The summed E-state index contributed by atoms with van der Waals surface area (Å²) in [6.45, 7) is 4.01. The Morgan fingerprint density at radius 3 is 2.56 bits per heavy atom. The number of nitrogens with zero attached hydrogens (tertiary/aromatic N) is 2. The molecule has 0 saturated carbocycles. The lowest BCUT2D eigenvalue weighted by atomic mass is 10.1. The summed E-state index contributed by atoms with van der Waals surface area (Å²) in [5, 5.41) is 3.18. The number of rotatable bonds is 5. The van der Waals surface area contributed by atoms with E-state index in [9.17, 15) is 9.59 Å². The summed E-state index contributed by atoms with van der Waals surface area (Å²) < 4.78 is 0. The summed E-state index contributed by atoms with van der Waals surface area (Å²) in [5.74, 6) is -0.761. The largest absolute Gasteiger partial charge is 0.336 e. The maximum absolute atomic E-state index is 11.7. The first-order valence-corrected chi connectivity index (χ1v) is 5.81. The van der Waals surface area contributed by atoms with Gasteiger partial charge < -0.3 is 15.1 Å². The number of likely N-dealkylation sites (N-methyl/N-ethyl adjacent to an activating group) is 2. The Morgan fingerprint density at radius 1 is 1.31 bits per heavy atom. The number of hydrogen-bond donors (Lipinski definition) is 1. The molecule has 0 aliphatic carbocycles. The zero-order chi connectivity index (χ0) is 12.1. The Morgan fingerprint density at radius 2 is 2.00 bits per heavy atom. The van der Waals surface area contributed by atoms with E-state index in [2.05, 4.69) is 12.2 Å². The maximum Gasteiger partial charge on any atom is 0.312 e. The molecule has 16 heavy (non-hydrogen) atoms. The van der Waals surface area contributed by atoms with Crippen molar-refractivity contribution in [3.63, 3.8) is 0 Å². The molecule has 5 heteroatoms. The third kappa shape index (κ3) is 2.95. The van der Waals surface area contributed by atoms with Gasteiger partial charge in [-0.05, 0) is 13.5 Å². The van der Waals surface area contributed by atoms with Gasteiger partial charge in [0.2, 0.25) is 0 Å². The van der Waals surface area contributed by atoms with Crippen molar-refractivity contribution in [2.45, 2.75) is 25.8 Å². The number of nitrogens with one attached hydrogen (secondary N) is 1. The van der Waals surface area contributed by atoms with E-state index in [4.69, 9.17) is 0 Å². The summed E-state index contributed by atoms with van der Waals surface area (Å²) in [6, 6.07) is 0.283. The maximum atomic E-state index is 11.7. The topological polar surface area (TPSA) is 52.7 Å². The van der Waals surface area contributed by atoms with Crippen LogP contribution in [0.4, 0.5) is 0 Å². The number of amides is 2. The van der Waals surface area contributed by atoms with Crippen molar-refractivity contribution in [3.05, 3.63) is 0 Å². The van der Waals surface area contributed by atoms with Crippen LogP contribution in [-0.2, 0) is 9.59 Å². The van der Waals surface area contributed by atoms with Gasteiger partial charge in [0.15, 0.2) is 0 Å². The molecule has 0 radical (unpaired) electrons. The Balaban J connectivity index is 2.54. The highest BCUT2D eigenvalue weighted by Gasteiger charge is 2.30. The predicted molar refractivity (Wildman–Crippen MR) is 62.0 cm³/mol. The Labute approximate surface area is 96.8 Å². The van der Waals surface area contributed by atoms with E-state index >= 15 is 0 Å². The quantitative estimate of drug-likeness (QED) is 0.655. The molecule has 1 aliphatic heterocycles. The standard InChI is InChI=1S/C11H21N3O2/c1-4-5-9(12-2)8-14-7-6-13(3)10(15)11(14)16/h9,12H,4-8H2,1-3H3. The van der Waals surface area contributed by atoms with E-state index in [0.29, 0.717) is 19.6 Å². The number of carbonyl (C=O) groups excluding carboxylic acids is 2. The van der Waals surface area contributed by atoms with Gasteiger partial charge in [-0.2, -0.15) is 0 Å². The molecule has 1 rings (SSSR count). The normalized spacial score (nSPS) is 19.2. The summed E-state index contributed by atoms with van der Waals surface area (Å²) in [4.78, 5) is 26.3. The van der Waals surface area contributed by atoms with Crippen LogP contribution in [0.2, 0.25) is 0 Å². The first-order valence-electron chi connectivity index (χ1n) is 5.81. The van der Waals surface area contributed by atoms with Crippen molar-refractivity contribution >= 4 is 11.8 Å². The molecular weight excluding hydrogens is 206 g/mol. The highest BCUT2D eigenvalue weighted by Crippen LogP contribution is 2.06. The van der Waals surface area contributed by atoms with Gasteiger partial charge in [0.05, 0.1) is 0 Å². The Bertz CT molecular complexity index is 268. The molecule has 1 atom stereocenters. The van der Waals surface area contributed by atoms with E-state index in [1.165, 1.54) is 4.90 Å². The second-order valence-electron chi connectivity index (χ2n) is 4.25. The minimum absolute atomic E-state index is 0.283. The average Bonchev–Trinajstić information content (AvgIpc) is 2.29. The van der Waals surface area contributed by atoms with Crippen molar-refractivity contribution in [2.75, 3.05) is 33.7 Å². The second-order valence-corrected chi connectivity index (χ2v) is 4.25. The summed E-state index contributed by atoms with van der Waals surface area (Å²) in [6.07, 6.45) is 2.09. The first kappa shape index (κ1) is 13.0. The van der Waals surface area contributed by atoms with Crippen LogP contribution in [0.5, 0.6) is 0 Å². The summed E-state index contributed by atoms with van der Waals surface area (Å²) >= 11 is 0. The molecule has 0 aromatic heterocycles. The smallest absolute Gasteiger partial charge is 0.312 e. The van der Waals surface area contributed by atoms with Crippen molar-refractivity contribution in [2.24, 2.45) is 0 Å². The minimum atomic E-state index is -0.391. The fraction of sp³-hybridized carbons (Fsp3) is 0.818. The molecule has 0 aromatic rings. The zero-order valence-corrected chi connectivity index (χ0v) is 10.3. The van der Waals surface area contributed by atoms with Crippen molar-refractivity contribution < 1.29 is 9.59 Å². The van der Waals surface area contributed by atoms with Gasteiger partial charge in [-0.15, -0.1) is 0 Å². The number of hydrogen-bond acceptors (Lipinski definition) is 3. The summed E-state index contributed by atoms with van der Waals surface area (Å²) in [7, 11) is 3.56. The predicted octanol–water partition coefficient (Wildman–Crippen LogP) is -0.325. The number of carbonyl (C=O) groups is 2. The molecule has 1 fully saturated rings. The highest BCUT2D eigenvalue weighted by molar-refractivity contribution is 6.35. The third-order valence-electron chi connectivity index (χ3n) is 3.01. The molecule has 1 N–H and O–H groups in total. The van der Waals surface area contributed by atoms with Crippen LogP contribution in [0.3, 0.4) is 0 Å². The lowest BCUT2D eigenvalue weighted by Crippen LogP contribution is -2.55. The van der Waals surface area contributed by atoms with Crippen LogP contribution in [0.1, 0.15) is 19.8 Å². The lowest BCUT2D eigenvalue weighted by molar-refractivity contribution is -0.155. The fourth-order valence-electron chi connectivity index (χ4n) is 1.89. The van der Waals surface area contributed by atoms with Crippen LogP contribution < -0.4 is 5.32 Å². The van der Waals surface area contributed by atoms with Crippen molar-refractivity contribution in [1.29, 1.82) is 0 Å². The van der Waals surface area contributed by atoms with Gasteiger partial charge in [0.25, 0.3) is 0 Å². The minimum Gasteiger partial charge on any atom is -0.336 e. The van der Waals surface area contributed by atoms with Crippen LogP contribution in [-0.4, -0.2) is 61.4 Å². The second kappa shape index (κ2) is 5.84. The molecule has 92 valence electrons. The molecule has 1 aliphatic rings. The van der Waals surface area contributed by atoms with Crippen LogP contribution in [0, 0.1) is 0 Å². The van der Waals surface area contributed by atoms with E-state index in [0.717, 1.165) is 12.8 Å². The monoisotopic (exact) mass is 227 g/mol. The van der Waals surface area contributed by atoms with Gasteiger partial charge >= 0.3 is 11.8 Å². The molecule has 1 heterocycles. The Kier molecular flexibility index (Phi) is 4.73. The molecule has 0 aromatic carbocycles.